The van der Waals surface area contributed by atoms with Gasteiger partial charge in [0.05, 0.1) is 13.1 Å². The molecule has 1 heterocycles. The second-order valence-electron chi connectivity index (χ2n) is 6.37. The number of likely N-dealkylation sites (N-methyl/N-ethyl adjacent to an activating group) is 1. The minimum Gasteiger partial charge on any atom is -0.494 e. The molecule has 1 atom stereocenters. The van der Waals surface area contributed by atoms with Crippen molar-refractivity contribution in [3.05, 3.63) is 58.6 Å². The number of benzene rings is 2. The SMILES string of the molecule is C[C@@H](Oc1ccc(B2OC(=O)CN(C)CC(=O)O2)cc1)c1cccc(Br)c1. The maximum atomic E-state index is 11.8. The lowest BCUT2D eigenvalue weighted by Gasteiger charge is -2.22. The summed E-state index contributed by atoms with van der Waals surface area (Å²) < 4.78 is 17.4. The quantitative estimate of drug-likeness (QED) is 0.692. The molecular weight excluding hydrogens is 413 g/mol. The van der Waals surface area contributed by atoms with Crippen LogP contribution in [0.3, 0.4) is 0 Å². The number of nitrogens with zero attached hydrogens (tertiary/aromatic N) is 1. The monoisotopic (exact) mass is 431 g/mol. The summed E-state index contributed by atoms with van der Waals surface area (Å²) in [6.45, 7) is 2.04. The molecule has 27 heavy (non-hydrogen) atoms. The molecule has 0 aromatic heterocycles. The molecule has 2 aromatic rings. The molecule has 0 saturated carbocycles. The lowest BCUT2D eigenvalue weighted by Crippen LogP contribution is -2.47. The molecule has 0 unspecified atom stereocenters. The zero-order valence-electron chi connectivity index (χ0n) is 15.1. The van der Waals surface area contributed by atoms with Crippen molar-refractivity contribution >= 4 is 40.4 Å². The average Bonchev–Trinajstić information content (AvgIpc) is 2.60. The highest BCUT2D eigenvalue weighted by atomic mass is 79.9. The van der Waals surface area contributed by atoms with E-state index < -0.39 is 19.1 Å². The van der Waals surface area contributed by atoms with Crippen molar-refractivity contribution < 1.29 is 23.6 Å². The van der Waals surface area contributed by atoms with E-state index in [1.54, 1.807) is 36.2 Å². The molecule has 1 fully saturated rings. The first-order valence-corrected chi connectivity index (χ1v) is 9.29. The molecule has 0 bridgehead atoms. The fourth-order valence-electron chi connectivity index (χ4n) is 2.71. The molecule has 0 aliphatic carbocycles. The first kappa shape index (κ1) is 19.4. The summed E-state index contributed by atoms with van der Waals surface area (Å²) in [5.74, 6) is -0.230. The minimum atomic E-state index is -1.05. The third kappa shape index (κ3) is 5.34. The Balaban J connectivity index is 1.69. The zero-order chi connectivity index (χ0) is 19.4. The Morgan fingerprint density at radius 3 is 2.30 bits per heavy atom. The summed E-state index contributed by atoms with van der Waals surface area (Å²) in [5.41, 5.74) is 1.61. The summed E-state index contributed by atoms with van der Waals surface area (Å²) in [7, 11) is 0.608. The largest absolute Gasteiger partial charge is 0.636 e. The Morgan fingerprint density at radius 1 is 1.07 bits per heavy atom. The van der Waals surface area contributed by atoms with Crippen LogP contribution in [0.1, 0.15) is 18.6 Å². The normalized spacial score (nSPS) is 16.8. The molecule has 0 N–H and O–H groups in total. The van der Waals surface area contributed by atoms with E-state index in [2.05, 4.69) is 15.9 Å². The van der Waals surface area contributed by atoms with Gasteiger partial charge in [-0.05, 0) is 43.8 Å². The molecule has 1 saturated heterocycles. The molecule has 0 radical (unpaired) electrons. The van der Waals surface area contributed by atoms with Crippen LogP contribution in [0.5, 0.6) is 5.75 Å². The third-order valence-corrected chi connectivity index (χ3v) is 4.55. The topological polar surface area (TPSA) is 65.1 Å². The van der Waals surface area contributed by atoms with Gasteiger partial charge in [0.15, 0.2) is 0 Å². The highest BCUT2D eigenvalue weighted by molar-refractivity contribution is 9.10. The van der Waals surface area contributed by atoms with Gasteiger partial charge >= 0.3 is 19.1 Å². The van der Waals surface area contributed by atoms with E-state index in [9.17, 15) is 9.59 Å². The number of ether oxygens (including phenoxy) is 1. The molecule has 1 aliphatic heterocycles. The van der Waals surface area contributed by atoms with Crippen LogP contribution in [0.2, 0.25) is 0 Å². The summed E-state index contributed by atoms with van der Waals surface area (Å²) >= 11 is 3.45. The van der Waals surface area contributed by atoms with Gasteiger partial charge in [-0.15, -0.1) is 0 Å². The molecule has 140 valence electrons. The van der Waals surface area contributed by atoms with Crippen molar-refractivity contribution in [3.8, 4) is 5.75 Å². The van der Waals surface area contributed by atoms with E-state index in [4.69, 9.17) is 14.0 Å². The first-order valence-electron chi connectivity index (χ1n) is 8.50. The van der Waals surface area contributed by atoms with Crippen LogP contribution in [0.25, 0.3) is 0 Å². The Bertz CT molecular complexity index is 809. The molecule has 3 rings (SSSR count). The molecule has 1 aliphatic rings. The molecular formula is C19H19BBrNO5. The van der Waals surface area contributed by atoms with Crippen LogP contribution in [0.15, 0.2) is 53.0 Å². The maximum absolute atomic E-state index is 11.8. The fourth-order valence-corrected chi connectivity index (χ4v) is 3.12. The van der Waals surface area contributed by atoms with Crippen molar-refractivity contribution in [3.63, 3.8) is 0 Å². The number of hydrogen-bond donors (Lipinski definition) is 0. The van der Waals surface area contributed by atoms with Gasteiger partial charge in [0.2, 0.25) is 0 Å². The highest BCUT2D eigenvalue weighted by Gasteiger charge is 2.33. The minimum absolute atomic E-state index is 0.0386. The van der Waals surface area contributed by atoms with Crippen LogP contribution in [0, 0.1) is 0 Å². The summed E-state index contributed by atoms with van der Waals surface area (Å²) in [6, 6.07) is 14.9. The smallest absolute Gasteiger partial charge is 0.494 e. The van der Waals surface area contributed by atoms with E-state index in [-0.39, 0.29) is 19.2 Å². The zero-order valence-corrected chi connectivity index (χ0v) is 16.6. The van der Waals surface area contributed by atoms with E-state index in [0.717, 1.165) is 10.0 Å². The van der Waals surface area contributed by atoms with Gasteiger partial charge in [0, 0.05) is 9.94 Å². The number of carbonyl (C=O) groups excluding carboxylic acids is 2. The second-order valence-corrected chi connectivity index (χ2v) is 7.28. The van der Waals surface area contributed by atoms with Crippen LogP contribution >= 0.6 is 15.9 Å². The Hall–Kier alpha value is -2.32. The number of hydrogen-bond acceptors (Lipinski definition) is 6. The fraction of sp³-hybridized carbons (Fsp3) is 0.263. The van der Waals surface area contributed by atoms with Crippen molar-refractivity contribution in [2.45, 2.75) is 13.0 Å². The van der Waals surface area contributed by atoms with Gasteiger partial charge in [0.1, 0.15) is 11.9 Å². The van der Waals surface area contributed by atoms with E-state index in [1.807, 2.05) is 31.2 Å². The highest BCUT2D eigenvalue weighted by Crippen LogP contribution is 2.23. The van der Waals surface area contributed by atoms with Crippen LogP contribution < -0.4 is 10.2 Å². The van der Waals surface area contributed by atoms with Crippen LogP contribution in [0.4, 0.5) is 0 Å². The number of rotatable bonds is 4. The standard InChI is InChI=1S/C19H19BBrNO5/c1-13(14-4-3-5-16(21)10-14)25-17-8-6-15(7-9-17)20-26-18(23)11-22(2)12-19(24)27-20/h3-10,13H,11-12H2,1-2H3/t13-/m1/s1. The first-order chi connectivity index (χ1) is 12.9. The Kier molecular flexibility index (Phi) is 6.18. The number of halogens is 1. The van der Waals surface area contributed by atoms with Gasteiger partial charge < -0.3 is 14.0 Å². The van der Waals surface area contributed by atoms with Gasteiger partial charge in [-0.3, -0.25) is 14.5 Å². The summed E-state index contributed by atoms with van der Waals surface area (Å²) in [4.78, 5) is 25.2. The van der Waals surface area contributed by atoms with Crippen LogP contribution in [-0.4, -0.2) is 44.1 Å². The lowest BCUT2D eigenvalue weighted by atomic mass is 9.78. The molecule has 8 heteroatoms. The van der Waals surface area contributed by atoms with Gasteiger partial charge in [0.25, 0.3) is 0 Å². The van der Waals surface area contributed by atoms with Crippen molar-refractivity contribution in [1.29, 1.82) is 0 Å². The van der Waals surface area contributed by atoms with Gasteiger partial charge in [-0.2, -0.15) is 0 Å². The molecule has 2 aromatic carbocycles. The van der Waals surface area contributed by atoms with Gasteiger partial charge in [-0.25, -0.2) is 0 Å². The maximum Gasteiger partial charge on any atom is 0.636 e. The van der Waals surface area contributed by atoms with E-state index >= 15 is 0 Å². The molecule has 0 amide bonds. The van der Waals surface area contributed by atoms with Crippen LogP contribution in [-0.2, 0) is 18.9 Å². The van der Waals surface area contributed by atoms with Gasteiger partial charge in [-0.1, -0.05) is 40.2 Å². The summed E-state index contributed by atoms with van der Waals surface area (Å²) in [6.07, 6.45) is -0.138. The van der Waals surface area contributed by atoms with Crippen molar-refractivity contribution in [2.75, 3.05) is 20.1 Å². The molecule has 6 nitrogen and oxygen atoms in total. The number of carbonyl (C=O) groups is 2. The van der Waals surface area contributed by atoms with E-state index in [0.29, 0.717) is 11.2 Å². The Morgan fingerprint density at radius 2 is 1.70 bits per heavy atom. The van der Waals surface area contributed by atoms with Crippen molar-refractivity contribution in [1.82, 2.24) is 4.90 Å². The predicted molar refractivity (Wildman–Crippen MR) is 105 cm³/mol. The Labute approximate surface area is 166 Å². The summed E-state index contributed by atoms with van der Waals surface area (Å²) in [5, 5.41) is 0. The average molecular weight is 432 g/mol. The van der Waals surface area contributed by atoms with E-state index in [1.165, 1.54) is 0 Å². The third-order valence-electron chi connectivity index (χ3n) is 4.06. The molecule has 0 spiro atoms. The van der Waals surface area contributed by atoms with Crippen molar-refractivity contribution in [2.24, 2.45) is 0 Å². The second kappa shape index (κ2) is 8.58. The lowest BCUT2D eigenvalue weighted by molar-refractivity contribution is -0.145. The predicted octanol–water partition coefficient (Wildman–Crippen LogP) is 2.32.